The Balaban J connectivity index is 2.21. The molecule has 5 nitrogen and oxygen atoms in total. The van der Waals surface area contributed by atoms with E-state index in [1.165, 1.54) is 6.33 Å². The van der Waals surface area contributed by atoms with Crippen molar-refractivity contribution in [2.75, 3.05) is 29.9 Å². The highest BCUT2D eigenvalue weighted by atomic mass is 16.2. The van der Waals surface area contributed by atoms with Crippen LogP contribution in [-0.2, 0) is 0 Å². The van der Waals surface area contributed by atoms with Gasteiger partial charge in [-0.15, -0.1) is 0 Å². The molecule has 0 atom stereocenters. The number of anilines is 2. The van der Waals surface area contributed by atoms with Gasteiger partial charge in [0.1, 0.15) is 17.8 Å². The van der Waals surface area contributed by atoms with E-state index in [4.69, 9.17) is 0 Å². The van der Waals surface area contributed by atoms with Gasteiger partial charge in [0.15, 0.2) is 0 Å². The number of para-hydroxylation sites is 1. The number of amides is 1. The third-order valence-electron chi connectivity index (χ3n) is 3.74. The zero-order valence-electron chi connectivity index (χ0n) is 14.1. The van der Waals surface area contributed by atoms with E-state index in [2.05, 4.69) is 21.8 Å². The van der Waals surface area contributed by atoms with Crippen molar-refractivity contribution in [3.8, 4) is 0 Å². The largest absolute Gasteiger partial charge is 0.360 e. The molecule has 1 amide bonds. The molecular weight excluding hydrogens is 288 g/mol. The lowest BCUT2D eigenvalue weighted by molar-refractivity contribution is 0.0983. The molecule has 0 fully saturated rings. The van der Waals surface area contributed by atoms with Crippen molar-refractivity contribution in [2.24, 2.45) is 0 Å². The predicted molar refractivity (Wildman–Crippen MR) is 94.0 cm³/mol. The second-order valence-corrected chi connectivity index (χ2v) is 5.42. The first kappa shape index (κ1) is 16.9. The molecule has 2 rings (SSSR count). The standard InChI is InChI=1S/C18H24N4O/c1-4-6-12-21(3)17-13-16(19-14-20-17)18(23)22(5-2)15-10-8-7-9-11-15/h7-11,13-14H,4-6,12H2,1-3H3. The van der Waals surface area contributed by atoms with Crippen LogP contribution in [0.15, 0.2) is 42.7 Å². The van der Waals surface area contributed by atoms with Crippen LogP contribution in [-0.4, -0.2) is 36.0 Å². The van der Waals surface area contributed by atoms with Crippen LogP contribution in [0, 0.1) is 0 Å². The normalized spacial score (nSPS) is 10.4. The van der Waals surface area contributed by atoms with E-state index in [-0.39, 0.29) is 5.91 Å². The maximum absolute atomic E-state index is 12.8. The second kappa shape index (κ2) is 8.27. The van der Waals surface area contributed by atoms with E-state index in [0.29, 0.717) is 12.2 Å². The smallest absolute Gasteiger partial charge is 0.277 e. The van der Waals surface area contributed by atoms with Crippen molar-refractivity contribution < 1.29 is 4.79 Å². The van der Waals surface area contributed by atoms with Gasteiger partial charge in [-0.1, -0.05) is 31.5 Å². The van der Waals surface area contributed by atoms with Gasteiger partial charge in [-0.3, -0.25) is 4.79 Å². The van der Waals surface area contributed by atoms with Gasteiger partial charge >= 0.3 is 0 Å². The highest BCUT2D eigenvalue weighted by Gasteiger charge is 2.18. The van der Waals surface area contributed by atoms with Crippen molar-refractivity contribution in [2.45, 2.75) is 26.7 Å². The molecule has 0 aliphatic carbocycles. The molecule has 122 valence electrons. The number of hydrogen-bond donors (Lipinski definition) is 0. The molecule has 0 aliphatic heterocycles. The van der Waals surface area contributed by atoms with Crippen molar-refractivity contribution >= 4 is 17.4 Å². The topological polar surface area (TPSA) is 49.3 Å². The highest BCUT2D eigenvalue weighted by molar-refractivity contribution is 6.05. The number of benzene rings is 1. The molecule has 0 radical (unpaired) electrons. The quantitative estimate of drug-likeness (QED) is 0.786. The van der Waals surface area contributed by atoms with Crippen molar-refractivity contribution in [3.05, 3.63) is 48.4 Å². The van der Waals surface area contributed by atoms with Crippen LogP contribution in [0.25, 0.3) is 0 Å². The van der Waals surface area contributed by atoms with E-state index >= 15 is 0 Å². The summed E-state index contributed by atoms with van der Waals surface area (Å²) in [7, 11) is 1.99. The molecule has 0 saturated carbocycles. The first-order chi connectivity index (χ1) is 11.2. The zero-order valence-corrected chi connectivity index (χ0v) is 14.1. The molecule has 0 unspecified atom stereocenters. The van der Waals surface area contributed by atoms with Crippen LogP contribution in [0.5, 0.6) is 0 Å². The Kier molecular flexibility index (Phi) is 6.09. The lowest BCUT2D eigenvalue weighted by Gasteiger charge is -2.22. The van der Waals surface area contributed by atoms with Crippen LogP contribution in [0.3, 0.4) is 0 Å². The first-order valence-electron chi connectivity index (χ1n) is 8.07. The number of rotatable bonds is 7. The fourth-order valence-corrected chi connectivity index (χ4v) is 2.37. The molecule has 1 aromatic heterocycles. The first-order valence-corrected chi connectivity index (χ1v) is 8.07. The van der Waals surface area contributed by atoms with Gasteiger partial charge in [-0.05, 0) is 25.5 Å². The zero-order chi connectivity index (χ0) is 16.7. The predicted octanol–water partition coefficient (Wildman–Crippen LogP) is 3.38. The van der Waals surface area contributed by atoms with E-state index in [9.17, 15) is 4.79 Å². The SMILES string of the molecule is CCCCN(C)c1cc(C(=O)N(CC)c2ccccc2)ncn1. The highest BCUT2D eigenvalue weighted by Crippen LogP contribution is 2.17. The van der Waals surface area contributed by atoms with Crippen LogP contribution in [0.1, 0.15) is 37.2 Å². The van der Waals surface area contributed by atoms with Gasteiger partial charge in [-0.2, -0.15) is 0 Å². The number of aromatic nitrogens is 2. The van der Waals surface area contributed by atoms with Gasteiger partial charge in [-0.25, -0.2) is 9.97 Å². The van der Waals surface area contributed by atoms with Crippen molar-refractivity contribution in [1.29, 1.82) is 0 Å². The third-order valence-corrected chi connectivity index (χ3v) is 3.74. The number of carbonyl (C=O) groups excluding carboxylic acids is 1. The van der Waals surface area contributed by atoms with E-state index in [0.717, 1.165) is 30.9 Å². The van der Waals surface area contributed by atoms with Crippen LogP contribution < -0.4 is 9.80 Å². The molecule has 0 N–H and O–H groups in total. The molecule has 0 saturated heterocycles. The summed E-state index contributed by atoms with van der Waals surface area (Å²) in [6.45, 7) is 5.62. The number of carbonyl (C=O) groups is 1. The Hall–Kier alpha value is -2.43. The molecule has 1 heterocycles. The summed E-state index contributed by atoms with van der Waals surface area (Å²) in [6, 6.07) is 11.4. The van der Waals surface area contributed by atoms with Gasteiger partial charge in [0.25, 0.3) is 5.91 Å². The molecule has 1 aromatic carbocycles. The summed E-state index contributed by atoms with van der Waals surface area (Å²) in [5, 5.41) is 0. The molecular formula is C18H24N4O. The Morgan fingerprint density at radius 2 is 1.87 bits per heavy atom. The van der Waals surface area contributed by atoms with Crippen molar-refractivity contribution in [3.63, 3.8) is 0 Å². The van der Waals surface area contributed by atoms with Crippen LogP contribution in [0.2, 0.25) is 0 Å². The Labute approximate surface area is 138 Å². The monoisotopic (exact) mass is 312 g/mol. The second-order valence-electron chi connectivity index (χ2n) is 5.42. The van der Waals surface area contributed by atoms with Gasteiger partial charge < -0.3 is 9.80 Å². The summed E-state index contributed by atoms with van der Waals surface area (Å²) in [5.41, 5.74) is 1.29. The summed E-state index contributed by atoms with van der Waals surface area (Å²) >= 11 is 0. The average Bonchev–Trinajstić information content (AvgIpc) is 2.61. The summed E-state index contributed by atoms with van der Waals surface area (Å²) in [4.78, 5) is 25.0. The Morgan fingerprint density at radius 3 is 2.52 bits per heavy atom. The molecule has 0 spiro atoms. The summed E-state index contributed by atoms with van der Waals surface area (Å²) in [6.07, 6.45) is 3.68. The maximum Gasteiger partial charge on any atom is 0.277 e. The van der Waals surface area contributed by atoms with E-state index < -0.39 is 0 Å². The van der Waals surface area contributed by atoms with Crippen molar-refractivity contribution in [1.82, 2.24) is 9.97 Å². The van der Waals surface area contributed by atoms with Crippen LogP contribution in [0.4, 0.5) is 11.5 Å². The molecule has 5 heteroatoms. The molecule has 0 bridgehead atoms. The number of hydrogen-bond acceptors (Lipinski definition) is 4. The fourth-order valence-electron chi connectivity index (χ4n) is 2.37. The minimum absolute atomic E-state index is 0.105. The summed E-state index contributed by atoms with van der Waals surface area (Å²) in [5.74, 6) is 0.673. The summed E-state index contributed by atoms with van der Waals surface area (Å²) < 4.78 is 0. The van der Waals surface area contributed by atoms with E-state index in [1.807, 2.05) is 44.3 Å². The number of unbranched alkanes of at least 4 members (excludes halogenated alkanes) is 1. The van der Waals surface area contributed by atoms with Crippen LogP contribution >= 0.6 is 0 Å². The maximum atomic E-state index is 12.8. The Morgan fingerprint density at radius 1 is 1.13 bits per heavy atom. The van der Waals surface area contributed by atoms with Gasteiger partial charge in [0.05, 0.1) is 0 Å². The molecule has 0 aliphatic rings. The minimum atomic E-state index is -0.105. The Bertz CT molecular complexity index is 630. The lowest BCUT2D eigenvalue weighted by atomic mass is 10.2. The van der Waals surface area contributed by atoms with E-state index in [1.54, 1.807) is 11.0 Å². The third kappa shape index (κ3) is 4.28. The number of nitrogens with zero attached hydrogens (tertiary/aromatic N) is 4. The molecule has 2 aromatic rings. The van der Waals surface area contributed by atoms with Gasteiger partial charge in [0.2, 0.25) is 0 Å². The molecule has 23 heavy (non-hydrogen) atoms. The average molecular weight is 312 g/mol. The lowest BCUT2D eigenvalue weighted by Crippen LogP contribution is -2.31. The fraction of sp³-hybridized carbons (Fsp3) is 0.389. The minimum Gasteiger partial charge on any atom is -0.360 e. The van der Waals surface area contributed by atoms with Gasteiger partial charge in [0, 0.05) is 31.9 Å².